The summed E-state index contributed by atoms with van der Waals surface area (Å²) in [6.07, 6.45) is 2.54. The smallest absolute Gasteiger partial charge is 0.330 e. The maximum atomic E-state index is 13.8. The molecule has 0 spiro atoms. The number of benzene rings is 2. The van der Waals surface area contributed by atoms with E-state index in [0.29, 0.717) is 5.56 Å². The van der Waals surface area contributed by atoms with Gasteiger partial charge in [-0.05, 0) is 35.9 Å². The van der Waals surface area contributed by atoms with Crippen LogP contribution < -0.4 is 0 Å². The summed E-state index contributed by atoms with van der Waals surface area (Å²) in [4.78, 5) is 11.7. The Morgan fingerprint density at radius 2 is 1.71 bits per heavy atom. The van der Waals surface area contributed by atoms with E-state index < -0.39 is 41.2 Å². The first-order valence-electron chi connectivity index (χ1n) is 8.54. The van der Waals surface area contributed by atoms with Gasteiger partial charge in [-0.15, -0.1) is 0 Å². The predicted octanol–water partition coefficient (Wildman–Crippen LogP) is 3.17. The Morgan fingerprint density at radius 3 is 2.32 bits per heavy atom. The second kappa shape index (κ2) is 10.0. The molecule has 0 radical (unpaired) electrons. The van der Waals surface area contributed by atoms with Gasteiger partial charge in [0, 0.05) is 6.08 Å². The lowest BCUT2D eigenvalue weighted by Gasteiger charge is -2.42. The van der Waals surface area contributed by atoms with E-state index in [1.807, 2.05) is 0 Å². The van der Waals surface area contributed by atoms with Crippen molar-refractivity contribution in [2.75, 3.05) is 26.3 Å². The predicted molar refractivity (Wildman–Crippen MR) is 96.9 cm³/mol. The average Bonchev–Trinajstić information content (AvgIpc) is 2.65. The fourth-order valence-electron chi connectivity index (χ4n) is 2.52. The SMILES string of the molecule is O=C(/C=C/c1ccc(F)cc1)OCC[N@@+]([O-])(CCO)Cc1c(F)cccc1F. The summed E-state index contributed by atoms with van der Waals surface area (Å²) in [5.74, 6) is -2.83. The molecule has 1 N–H and O–H groups in total. The third-order valence-corrected chi connectivity index (χ3v) is 4.04. The summed E-state index contributed by atoms with van der Waals surface area (Å²) in [6.45, 7) is -1.92. The molecule has 0 amide bonds. The number of ether oxygens (including phenoxy) is 1. The van der Waals surface area contributed by atoms with Crippen molar-refractivity contribution in [2.24, 2.45) is 0 Å². The van der Waals surface area contributed by atoms with Crippen LogP contribution in [-0.2, 0) is 16.1 Å². The molecule has 5 nitrogen and oxygen atoms in total. The Balaban J connectivity index is 1.93. The van der Waals surface area contributed by atoms with Gasteiger partial charge in [-0.3, -0.25) is 0 Å². The second-order valence-corrected chi connectivity index (χ2v) is 6.14. The molecule has 0 bridgehead atoms. The number of aliphatic hydroxyl groups is 1. The summed E-state index contributed by atoms with van der Waals surface area (Å²) in [7, 11) is 0. The zero-order valence-electron chi connectivity index (χ0n) is 15.0. The standard InChI is InChI=1S/C20H20F3NO4/c21-16-7-4-15(5-8-16)6-9-20(26)28-13-11-24(27,10-12-25)14-17-18(22)2-1-3-19(17)23/h1-9,25H,10-14H2/b9-6+/t24-/m0/s1. The van der Waals surface area contributed by atoms with Crippen molar-refractivity contribution in [1.29, 1.82) is 0 Å². The van der Waals surface area contributed by atoms with Crippen molar-refractivity contribution in [3.63, 3.8) is 0 Å². The monoisotopic (exact) mass is 395 g/mol. The van der Waals surface area contributed by atoms with E-state index in [0.717, 1.165) is 18.2 Å². The highest BCUT2D eigenvalue weighted by atomic mass is 19.1. The van der Waals surface area contributed by atoms with Crippen LogP contribution in [0.5, 0.6) is 0 Å². The van der Waals surface area contributed by atoms with E-state index in [4.69, 9.17) is 9.84 Å². The number of rotatable bonds is 9. The van der Waals surface area contributed by atoms with E-state index in [2.05, 4.69) is 0 Å². The van der Waals surface area contributed by atoms with Gasteiger partial charge in [0.1, 0.15) is 43.7 Å². The molecule has 0 aliphatic rings. The molecule has 2 aromatic rings. The number of hydrogen-bond donors (Lipinski definition) is 1. The molecule has 8 heteroatoms. The van der Waals surface area contributed by atoms with Crippen LogP contribution in [0.25, 0.3) is 6.08 Å². The highest BCUT2D eigenvalue weighted by Crippen LogP contribution is 2.19. The van der Waals surface area contributed by atoms with Crippen LogP contribution in [0.3, 0.4) is 0 Å². The molecule has 0 saturated heterocycles. The molecule has 0 aromatic heterocycles. The van der Waals surface area contributed by atoms with Crippen molar-refractivity contribution in [2.45, 2.75) is 6.54 Å². The number of carbonyl (C=O) groups is 1. The molecular weight excluding hydrogens is 375 g/mol. The van der Waals surface area contributed by atoms with Crippen molar-refractivity contribution in [3.05, 3.63) is 82.3 Å². The first-order valence-corrected chi connectivity index (χ1v) is 8.54. The number of hydroxylamine groups is 3. The highest BCUT2D eigenvalue weighted by molar-refractivity contribution is 5.87. The van der Waals surface area contributed by atoms with Gasteiger partial charge in [0.15, 0.2) is 0 Å². The van der Waals surface area contributed by atoms with Crippen LogP contribution in [0.15, 0.2) is 48.5 Å². The van der Waals surface area contributed by atoms with E-state index in [1.165, 1.54) is 36.4 Å². The minimum atomic E-state index is -1.15. The quantitative estimate of drug-likeness (QED) is 0.307. The number of carbonyl (C=O) groups excluding carboxylic acids is 1. The third kappa shape index (κ3) is 6.49. The molecule has 0 heterocycles. The molecule has 150 valence electrons. The summed E-state index contributed by atoms with van der Waals surface area (Å²) in [5, 5.41) is 21.9. The highest BCUT2D eigenvalue weighted by Gasteiger charge is 2.22. The molecule has 0 unspecified atom stereocenters. The van der Waals surface area contributed by atoms with Crippen LogP contribution >= 0.6 is 0 Å². The van der Waals surface area contributed by atoms with Crippen molar-refractivity contribution in [3.8, 4) is 0 Å². The minimum absolute atomic E-state index is 0.287. The molecule has 0 fully saturated rings. The molecule has 0 saturated carbocycles. The van der Waals surface area contributed by atoms with Gasteiger partial charge in [-0.2, -0.15) is 0 Å². The molecule has 0 aliphatic heterocycles. The van der Waals surface area contributed by atoms with E-state index >= 15 is 0 Å². The third-order valence-electron chi connectivity index (χ3n) is 4.04. The van der Waals surface area contributed by atoms with Crippen LogP contribution in [0.4, 0.5) is 13.2 Å². The number of hydrogen-bond acceptors (Lipinski definition) is 4. The van der Waals surface area contributed by atoms with Gasteiger partial charge in [0.25, 0.3) is 0 Å². The summed E-state index contributed by atoms with van der Waals surface area (Å²) >= 11 is 0. The van der Waals surface area contributed by atoms with Crippen LogP contribution in [-0.4, -0.2) is 42.0 Å². The molecular formula is C20H20F3NO4. The minimum Gasteiger partial charge on any atom is -0.632 e. The number of esters is 1. The molecule has 1 atom stereocenters. The van der Waals surface area contributed by atoms with Gasteiger partial charge in [-0.25, -0.2) is 18.0 Å². The van der Waals surface area contributed by atoms with Crippen LogP contribution in [0.1, 0.15) is 11.1 Å². The number of quaternary nitrogens is 1. The molecule has 0 aliphatic carbocycles. The largest absolute Gasteiger partial charge is 0.632 e. The van der Waals surface area contributed by atoms with Gasteiger partial charge in [0.05, 0.1) is 12.2 Å². The fourth-order valence-corrected chi connectivity index (χ4v) is 2.52. The van der Waals surface area contributed by atoms with Crippen LogP contribution in [0.2, 0.25) is 0 Å². The Labute approximate surface area is 160 Å². The number of halogens is 3. The normalized spacial score (nSPS) is 13.5. The number of aliphatic hydroxyl groups excluding tert-OH is 1. The summed E-state index contributed by atoms with van der Waals surface area (Å²) in [6, 6.07) is 8.71. The lowest BCUT2D eigenvalue weighted by molar-refractivity contribution is -0.894. The lowest BCUT2D eigenvalue weighted by atomic mass is 10.1. The Bertz CT molecular complexity index is 806. The second-order valence-electron chi connectivity index (χ2n) is 6.14. The topological polar surface area (TPSA) is 69.6 Å². The Kier molecular flexibility index (Phi) is 7.74. The van der Waals surface area contributed by atoms with Crippen molar-refractivity contribution in [1.82, 2.24) is 0 Å². The summed E-state index contributed by atoms with van der Waals surface area (Å²) in [5.41, 5.74) is 0.205. The lowest BCUT2D eigenvalue weighted by Crippen LogP contribution is -2.46. The average molecular weight is 395 g/mol. The fraction of sp³-hybridized carbons (Fsp3) is 0.250. The first-order chi connectivity index (χ1) is 13.3. The number of nitrogens with zero attached hydrogens (tertiary/aromatic N) is 1. The maximum Gasteiger partial charge on any atom is 0.330 e. The van der Waals surface area contributed by atoms with E-state index in [9.17, 15) is 23.2 Å². The van der Waals surface area contributed by atoms with Gasteiger partial charge in [-0.1, -0.05) is 18.2 Å². The maximum absolute atomic E-state index is 13.8. The zero-order valence-corrected chi connectivity index (χ0v) is 15.0. The molecule has 2 aromatic carbocycles. The Hall–Kier alpha value is -2.68. The van der Waals surface area contributed by atoms with Crippen molar-refractivity contribution >= 4 is 12.0 Å². The van der Waals surface area contributed by atoms with Crippen LogP contribution in [0, 0.1) is 22.7 Å². The van der Waals surface area contributed by atoms with E-state index in [1.54, 1.807) is 0 Å². The summed E-state index contributed by atoms with van der Waals surface area (Å²) < 4.78 is 44.2. The van der Waals surface area contributed by atoms with Gasteiger partial charge >= 0.3 is 5.97 Å². The first kappa shape index (κ1) is 21.6. The van der Waals surface area contributed by atoms with Crippen molar-refractivity contribution < 1.29 is 32.5 Å². The van der Waals surface area contributed by atoms with E-state index in [-0.39, 0.29) is 25.3 Å². The zero-order chi connectivity index (χ0) is 20.6. The van der Waals surface area contributed by atoms with Gasteiger partial charge in [0.2, 0.25) is 0 Å². The molecule has 2 rings (SSSR count). The Morgan fingerprint density at radius 1 is 1.07 bits per heavy atom. The van der Waals surface area contributed by atoms with Gasteiger partial charge < -0.3 is 19.7 Å². The molecule has 28 heavy (non-hydrogen) atoms.